The van der Waals surface area contributed by atoms with Gasteiger partial charge in [0.25, 0.3) is 0 Å². The molecule has 1 aromatic heterocycles. The van der Waals surface area contributed by atoms with Gasteiger partial charge in [0.2, 0.25) is 0 Å². The Hall–Kier alpha value is -3.09. The lowest BCUT2D eigenvalue weighted by Crippen LogP contribution is -2.46. The third-order valence-corrected chi connectivity index (χ3v) is 5.23. The number of hydrogen-bond donors (Lipinski definition) is 0. The number of carbonyl (C=O) groups excluding carboxylic acids is 2. The largest absolute Gasteiger partial charge is 0.481 e. The zero-order valence-corrected chi connectivity index (χ0v) is 18.7. The zero-order valence-electron chi connectivity index (χ0n) is 18.7. The molecule has 0 bridgehead atoms. The van der Waals surface area contributed by atoms with Gasteiger partial charge in [0, 0.05) is 23.4 Å². The molecular formula is C24H28O7. The fourth-order valence-electron chi connectivity index (χ4n) is 3.54. The first-order chi connectivity index (χ1) is 14.5. The highest BCUT2D eigenvalue weighted by molar-refractivity contribution is 5.89. The van der Waals surface area contributed by atoms with Crippen LogP contribution in [0, 0.1) is 5.92 Å². The van der Waals surface area contributed by atoms with Crippen molar-refractivity contribution in [1.82, 2.24) is 0 Å². The normalized spacial score (nSPS) is 18.6. The Bertz CT molecular complexity index is 1090. The molecule has 166 valence electrons. The van der Waals surface area contributed by atoms with Crippen molar-refractivity contribution in [2.24, 2.45) is 5.92 Å². The van der Waals surface area contributed by atoms with E-state index in [4.69, 9.17) is 18.6 Å². The molecule has 7 nitrogen and oxygen atoms in total. The van der Waals surface area contributed by atoms with Crippen LogP contribution >= 0.6 is 0 Å². The molecule has 1 aliphatic rings. The van der Waals surface area contributed by atoms with Crippen molar-refractivity contribution < 1.29 is 28.2 Å². The van der Waals surface area contributed by atoms with Gasteiger partial charge in [-0.1, -0.05) is 19.9 Å². The highest BCUT2D eigenvalue weighted by Crippen LogP contribution is 2.47. The highest BCUT2D eigenvalue weighted by Gasteiger charge is 2.50. The topological polar surface area (TPSA) is 92.0 Å². The second-order valence-electron chi connectivity index (χ2n) is 8.66. The predicted molar refractivity (Wildman–Crippen MR) is 115 cm³/mol. The Kier molecular flexibility index (Phi) is 6.25. The minimum absolute atomic E-state index is 0.133. The van der Waals surface area contributed by atoms with Gasteiger partial charge in [0.05, 0.1) is 5.56 Å². The first-order valence-corrected chi connectivity index (χ1v) is 10.3. The molecule has 0 amide bonds. The summed E-state index contributed by atoms with van der Waals surface area (Å²) in [7, 11) is 0. The Morgan fingerprint density at radius 2 is 1.87 bits per heavy atom. The van der Waals surface area contributed by atoms with Crippen LogP contribution in [0.25, 0.3) is 11.0 Å². The van der Waals surface area contributed by atoms with E-state index in [1.807, 2.05) is 13.8 Å². The molecule has 0 spiro atoms. The van der Waals surface area contributed by atoms with Crippen molar-refractivity contribution in [2.75, 3.05) is 0 Å². The lowest BCUT2D eigenvalue weighted by Gasteiger charge is -2.34. The lowest BCUT2D eigenvalue weighted by atomic mass is 9.93. The SMILES string of the molecule is C/C=C(/C)C(=O)O[C@@H]1c2c(ccc3ccc(=O)oc23)O[C@H]1C(C)(C)OC(=O)CC(C)C. The zero-order chi connectivity index (χ0) is 22.9. The third kappa shape index (κ3) is 4.65. The van der Waals surface area contributed by atoms with Crippen LogP contribution in [0.3, 0.4) is 0 Å². The summed E-state index contributed by atoms with van der Waals surface area (Å²) in [5.41, 5.74) is -0.496. The van der Waals surface area contributed by atoms with Gasteiger partial charge in [-0.3, -0.25) is 4.79 Å². The summed E-state index contributed by atoms with van der Waals surface area (Å²) in [6, 6.07) is 6.45. The smallest absolute Gasteiger partial charge is 0.336 e. The maximum absolute atomic E-state index is 12.6. The van der Waals surface area contributed by atoms with Crippen molar-refractivity contribution in [3.8, 4) is 5.75 Å². The van der Waals surface area contributed by atoms with Crippen molar-refractivity contribution in [1.29, 1.82) is 0 Å². The number of esters is 2. The summed E-state index contributed by atoms with van der Waals surface area (Å²) in [5, 5.41) is 0.668. The summed E-state index contributed by atoms with van der Waals surface area (Å²) in [6.45, 7) is 10.7. The van der Waals surface area contributed by atoms with Gasteiger partial charge in [-0.2, -0.15) is 0 Å². The second-order valence-corrected chi connectivity index (χ2v) is 8.66. The molecule has 31 heavy (non-hydrogen) atoms. The fourth-order valence-corrected chi connectivity index (χ4v) is 3.54. The first-order valence-electron chi connectivity index (χ1n) is 10.3. The summed E-state index contributed by atoms with van der Waals surface area (Å²) in [6.07, 6.45) is 0.130. The Labute approximate surface area is 181 Å². The van der Waals surface area contributed by atoms with Crippen LogP contribution in [-0.2, 0) is 19.1 Å². The van der Waals surface area contributed by atoms with Gasteiger partial charge in [-0.15, -0.1) is 0 Å². The molecule has 0 unspecified atom stereocenters. The summed E-state index contributed by atoms with van der Waals surface area (Å²) >= 11 is 0. The Balaban J connectivity index is 2.07. The summed E-state index contributed by atoms with van der Waals surface area (Å²) < 4.78 is 23.1. The molecule has 0 saturated carbocycles. The van der Waals surface area contributed by atoms with Crippen LogP contribution in [-0.4, -0.2) is 23.6 Å². The fraction of sp³-hybridized carbons (Fsp3) is 0.458. The van der Waals surface area contributed by atoms with E-state index < -0.39 is 29.4 Å². The van der Waals surface area contributed by atoms with Gasteiger partial charge >= 0.3 is 17.6 Å². The minimum atomic E-state index is -1.12. The van der Waals surface area contributed by atoms with Crippen molar-refractivity contribution in [3.63, 3.8) is 0 Å². The minimum Gasteiger partial charge on any atom is -0.481 e. The molecule has 0 aliphatic carbocycles. The molecule has 2 aromatic rings. The maximum atomic E-state index is 12.6. The van der Waals surface area contributed by atoms with Crippen molar-refractivity contribution in [2.45, 2.75) is 65.8 Å². The third-order valence-electron chi connectivity index (χ3n) is 5.23. The van der Waals surface area contributed by atoms with Crippen LogP contribution in [0.1, 0.15) is 59.6 Å². The first kappa shape index (κ1) is 22.6. The maximum Gasteiger partial charge on any atom is 0.336 e. The average Bonchev–Trinajstić information content (AvgIpc) is 3.05. The van der Waals surface area contributed by atoms with Crippen LogP contribution in [0.5, 0.6) is 5.75 Å². The quantitative estimate of drug-likeness (QED) is 0.381. The van der Waals surface area contributed by atoms with Gasteiger partial charge in [0.15, 0.2) is 12.2 Å². The molecule has 0 saturated heterocycles. The number of ether oxygens (including phenoxy) is 3. The van der Waals surface area contributed by atoms with Gasteiger partial charge in [-0.25, -0.2) is 9.59 Å². The van der Waals surface area contributed by atoms with E-state index in [-0.39, 0.29) is 23.9 Å². The number of fused-ring (bicyclic) bond motifs is 3. The van der Waals surface area contributed by atoms with E-state index in [0.717, 1.165) is 0 Å². The number of allylic oxidation sites excluding steroid dienone is 1. The molecule has 0 radical (unpaired) electrons. The predicted octanol–water partition coefficient (Wildman–Crippen LogP) is 4.47. The number of hydrogen-bond acceptors (Lipinski definition) is 7. The van der Waals surface area contributed by atoms with E-state index in [1.54, 1.807) is 52.0 Å². The molecule has 1 aliphatic heterocycles. The average molecular weight is 428 g/mol. The summed E-state index contributed by atoms with van der Waals surface area (Å²) in [5.74, 6) is -0.357. The van der Waals surface area contributed by atoms with E-state index in [9.17, 15) is 14.4 Å². The molecule has 2 atom stereocenters. The molecule has 0 N–H and O–H groups in total. The number of carbonyl (C=O) groups is 2. The molecule has 1 aromatic carbocycles. The molecule has 2 heterocycles. The standard InChI is InChI=1S/C24H28O7/c1-7-14(4)23(27)30-21-19-16(10-8-15-9-11-17(25)29-20(15)19)28-22(21)24(5,6)31-18(26)12-13(2)3/h7-11,13,21-22H,12H2,1-6H3/b14-7-/t21-,22-/m1/s1. The van der Waals surface area contributed by atoms with Gasteiger partial charge < -0.3 is 18.6 Å². The van der Waals surface area contributed by atoms with Crippen LogP contribution < -0.4 is 10.4 Å². The van der Waals surface area contributed by atoms with Gasteiger partial charge in [-0.05, 0) is 51.8 Å². The number of rotatable bonds is 6. The van der Waals surface area contributed by atoms with E-state index >= 15 is 0 Å². The summed E-state index contributed by atoms with van der Waals surface area (Å²) in [4.78, 5) is 36.9. The highest BCUT2D eigenvalue weighted by atomic mass is 16.6. The van der Waals surface area contributed by atoms with Crippen molar-refractivity contribution in [3.05, 3.63) is 51.9 Å². The molecular weight excluding hydrogens is 400 g/mol. The number of benzene rings is 1. The van der Waals surface area contributed by atoms with E-state index in [0.29, 0.717) is 22.3 Å². The van der Waals surface area contributed by atoms with Gasteiger partial charge in [0.1, 0.15) is 16.9 Å². The Morgan fingerprint density at radius 3 is 2.52 bits per heavy atom. The van der Waals surface area contributed by atoms with Crippen LogP contribution in [0.15, 0.2) is 45.1 Å². The van der Waals surface area contributed by atoms with E-state index in [1.165, 1.54) is 6.07 Å². The van der Waals surface area contributed by atoms with Crippen LogP contribution in [0.2, 0.25) is 0 Å². The Morgan fingerprint density at radius 1 is 1.19 bits per heavy atom. The van der Waals surface area contributed by atoms with E-state index in [2.05, 4.69) is 0 Å². The van der Waals surface area contributed by atoms with Crippen LogP contribution in [0.4, 0.5) is 0 Å². The monoisotopic (exact) mass is 428 g/mol. The lowest BCUT2D eigenvalue weighted by molar-refractivity contribution is -0.176. The second kappa shape index (κ2) is 8.57. The molecule has 3 rings (SSSR count). The molecule has 7 heteroatoms. The van der Waals surface area contributed by atoms with Crippen molar-refractivity contribution >= 4 is 22.9 Å². The molecule has 0 fully saturated rings.